The summed E-state index contributed by atoms with van der Waals surface area (Å²) in [4.78, 5) is 0. The van der Waals surface area contributed by atoms with E-state index >= 15 is 0 Å². The van der Waals surface area contributed by atoms with Gasteiger partial charge in [-0.3, -0.25) is 0 Å². The second-order valence-corrected chi connectivity index (χ2v) is 20.0. The van der Waals surface area contributed by atoms with Crippen molar-refractivity contribution in [2.45, 2.75) is 116 Å². The molecule has 0 bridgehead atoms. The lowest BCUT2D eigenvalue weighted by Gasteiger charge is -2.56. The van der Waals surface area contributed by atoms with Crippen molar-refractivity contribution in [1.82, 2.24) is 0 Å². The van der Waals surface area contributed by atoms with E-state index in [4.69, 9.17) is 0 Å². The molecule has 184 valence electrons. The summed E-state index contributed by atoms with van der Waals surface area (Å²) in [6.45, 7) is 16.6. The first-order valence-corrected chi connectivity index (χ1v) is 18.2. The number of rotatable bonds is 2. The quantitative estimate of drug-likeness (QED) is 0.282. The first-order chi connectivity index (χ1) is 15.7. The van der Waals surface area contributed by atoms with Crippen molar-refractivity contribution in [3.8, 4) is 0 Å². The Kier molecular flexibility index (Phi) is 5.50. The number of fused-ring (bicyclic) bond motifs is 6. The topological polar surface area (TPSA) is 0 Å². The van der Waals surface area contributed by atoms with Crippen LogP contribution in [0.15, 0.2) is 24.3 Å². The van der Waals surface area contributed by atoms with Crippen molar-refractivity contribution in [2.75, 3.05) is 0 Å². The molecule has 4 saturated carbocycles. The van der Waals surface area contributed by atoms with Gasteiger partial charge in [-0.2, -0.15) is 0 Å². The monoisotopic (exact) mass is 464 g/mol. The molecule has 0 amide bonds. The fourth-order valence-electron chi connectivity index (χ4n) is 12.8. The number of hydrogen-bond acceptors (Lipinski definition) is 0. The van der Waals surface area contributed by atoms with Crippen LogP contribution in [0.1, 0.15) is 91.9 Å². The molecule has 0 aliphatic heterocycles. The Balaban J connectivity index is 1.37. The maximum Gasteiger partial charge on any atom is 0.0558 e. The summed E-state index contributed by atoms with van der Waals surface area (Å²) < 4.78 is 0. The van der Waals surface area contributed by atoms with Crippen LogP contribution in [-0.4, -0.2) is 8.07 Å². The van der Waals surface area contributed by atoms with Crippen LogP contribution in [0, 0.1) is 58.2 Å². The minimum atomic E-state index is -1.54. The van der Waals surface area contributed by atoms with Gasteiger partial charge >= 0.3 is 0 Å². The summed E-state index contributed by atoms with van der Waals surface area (Å²) in [5.41, 5.74) is 2.84. The van der Waals surface area contributed by atoms with Crippen molar-refractivity contribution in [1.29, 1.82) is 0 Å². The van der Waals surface area contributed by atoms with Crippen molar-refractivity contribution in [2.24, 2.45) is 58.2 Å². The van der Waals surface area contributed by atoms with Gasteiger partial charge in [-0.25, -0.2) is 0 Å². The highest BCUT2D eigenvalue weighted by molar-refractivity contribution is 6.80. The van der Waals surface area contributed by atoms with Gasteiger partial charge in [0.1, 0.15) is 0 Å². The molecule has 0 spiro atoms. The van der Waals surface area contributed by atoms with Crippen molar-refractivity contribution in [3.05, 3.63) is 24.3 Å². The van der Waals surface area contributed by atoms with Gasteiger partial charge in [-0.1, -0.05) is 90.8 Å². The molecule has 0 aromatic rings. The van der Waals surface area contributed by atoms with E-state index in [-0.39, 0.29) is 0 Å². The molecule has 0 saturated heterocycles. The van der Waals surface area contributed by atoms with Crippen LogP contribution in [0.4, 0.5) is 0 Å². The molecular formula is C32H52Si. The van der Waals surface area contributed by atoms with Gasteiger partial charge < -0.3 is 0 Å². The molecule has 0 N–H and O–H groups in total. The summed E-state index contributed by atoms with van der Waals surface area (Å²) >= 11 is 0. The molecule has 12 atom stereocenters. The predicted molar refractivity (Wildman–Crippen MR) is 145 cm³/mol. The maximum absolute atomic E-state index is 2.87. The highest BCUT2D eigenvalue weighted by Crippen LogP contribution is 2.72. The van der Waals surface area contributed by atoms with Crippen LogP contribution < -0.4 is 0 Å². The van der Waals surface area contributed by atoms with E-state index in [0.29, 0.717) is 10.8 Å². The van der Waals surface area contributed by atoms with Crippen LogP contribution in [-0.2, 0) is 0 Å². The van der Waals surface area contributed by atoms with Crippen molar-refractivity contribution >= 4 is 8.07 Å². The third kappa shape index (κ3) is 3.18. The Morgan fingerprint density at radius 3 is 1.45 bits per heavy atom. The highest BCUT2D eigenvalue weighted by Gasteiger charge is 2.66. The SMILES string of the molecule is CC1CC2[C@H]3CCCCC3C=CC2(C)C1[Si](C)(C)C1C(C)CC2[C@H]3CCCCC3C=CC21C. The minimum absolute atomic E-state index is 0.466. The summed E-state index contributed by atoms with van der Waals surface area (Å²) in [6, 6.07) is 0. The molecule has 10 unspecified atom stereocenters. The van der Waals surface area contributed by atoms with Gasteiger partial charge in [-0.15, -0.1) is 0 Å². The summed E-state index contributed by atoms with van der Waals surface area (Å²) in [5, 5.41) is 0. The standard InChI is InChI=1S/C32H52Si/c1-21-19-27-25-13-9-7-11-23(25)15-17-31(27,3)29(21)33(5,6)30-22(2)20-28-26-14-10-8-12-24(26)16-18-32(28,30)4/h15-18,21-30H,7-14,19-20H2,1-6H3/t21?,22?,23?,24?,25-,26-,27?,28?,29?,30?,31?,32?/m0/s1. The Hall–Kier alpha value is -0.303. The van der Waals surface area contributed by atoms with Crippen molar-refractivity contribution < 1.29 is 0 Å². The maximum atomic E-state index is 2.87. The zero-order valence-corrected chi connectivity index (χ0v) is 23.7. The average molecular weight is 465 g/mol. The summed E-state index contributed by atoms with van der Waals surface area (Å²) in [7, 11) is -1.54. The molecule has 0 radical (unpaired) electrons. The van der Waals surface area contributed by atoms with Crippen LogP contribution in [0.3, 0.4) is 0 Å². The Bertz CT molecular complexity index is 756. The Labute approximate surface area is 206 Å². The van der Waals surface area contributed by atoms with E-state index in [1.165, 1.54) is 64.2 Å². The molecular weight excluding hydrogens is 412 g/mol. The van der Waals surface area contributed by atoms with Gasteiger partial charge in [0.05, 0.1) is 8.07 Å². The second-order valence-electron chi connectivity index (χ2n) is 15.1. The van der Waals surface area contributed by atoms with Crippen LogP contribution >= 0.6 is 0 Å². The summed E-state index contributed by atoms with van der Waals surface area (Å²) in [5.74, 6) is 7.55. The molecule has 0 nitrogen and oxygen atoms in total. The van der Waals surface area contributed by atoms with E-state index in [1.54, 1.807) is 0 Å². The van der Waals surface area contributed by atoms with Gasteiger partial charge in [-0.05, 0) is 108 Å². The van der Waals surface area contributed by atoms with Crippen LogP contribution in [0.2, 0.25) is 24.2 Å². The van der Waals surface area contributed by atoms with E-state index < -0.39 is 8.07 Å². The highest BCUT2D eigenvalue weighted by atomic mass is 28.3. The van der Waals surface area contributed by atoms with Gasteiger partial charge in [0, 0.05) is 0 Å². The largest absolute Gasteiger partial charge is 0.0846 e. The normalized spacial score (nSPS) is 55.6. The third-order valence-corrected chi connectivity index (χ3v) is 18.7. The van der Waals surface area contributed by atoms with Gasteiger partial charge in [0.2, 0.25) is 0 Å². The molecule has 0 aromatic heterocycles. The van der Waals surface area contributed by atoms with Crippen molar-refractivity contribution in [3.63, 3.8) is 0 Å². The van der Waals surface area contributed by atoms with Gasteiger partial charge in [0.25, 0.3) is 0 Å². The van der Waals surface area contributed by atoms with E-state index in [1.807, 2.05) is 0 Å². The number of hydrogen-bond donors (Lipinski definition) is 0. The van der Waals surface area contributed by atoms with Crippen LogP contribution in [0.25, 0.3) is 0 Å². The van der Waals surface area contributed by atoms with Crippen LogP contribution in [0.5, 0.6) is 0 Å². The lowest BCUT2D eigenvalue weighted by atomic mass is 9.60. The Morgan fingerprint density at radius 1 is 0.636 bits per heavy atom. The first kappa shape index (κ1) is 23.1. The van der Waals surface area contributed by atoms with E-state index in [0.717, 1.165) is 58.4 Å². The zero-order chi connectivity index (χ0) is 23.2. The fourth-order valence-corrected chi connectivity index (χ4v) is 20.2. The minimum Gasteiger partial charge on any atom is -0.0846 e. The predicted octanol–water partition coefficient (Wildman–Crippen LogP) is 9.51. The molecule has 6 aliphatic rings. The molecule has 4 fully saturated rings. The molecule has 6 rings (SSSR count). The zero-order valence-electron chi connectivity index (χ0n) is 22.7. The molecule has 0 aromatic carbocycles. The smallest absolute Gasteiger partial charge is 0.0558 e. The second kappa shape index (κ2) is 7.85. The molecule has 0 heterocycles. The van der Waals surface area contributed by atoms with E-state index in [9.17, 15) is 0 Å². The third-order valence-electron chi connectivity index (χ3n) is 13.1. The lowest BCUT2D eigenvalue weighted by Crippen LogP contribution is -2.53. The van der Waals surface area contributed by atoms with E-state index in [2.05, 4.69) is 65.1 Å². The first-order valence-electron chi connectivity index (χ1n) is 15.1. The lowest BCUT2D eigenvalue weighted by molar-refractivity contribution is 0.105. The Morgan fingerprint density at radius 2 is 1.03 bits per heavy atom. The molecule has 1 heteroatoms. The van der Waals surface area contributed by atoms with Gasteiger partial charge in [0.15, 0.2) is 0 Å². The fraction of sp³-hybridized carbons (Fsp3) is 0.875. The molecule has 6 aliphatic carbocycles. The number of allylic oxidation sites excluding steroid dienone is 4. The summed E-state index contributed by atoms with van der Waals surface area (Å²) in [6.07, 6.45) is 26.1. The average Bonchev–Trinajstić information content (AvgIpc) is 3.23. The molecule has 33 heavy (non-hydrogen) atoms.